The number of fused-ring (bicyclic) bond motifs is 1. The molecule has 2 fully saturated rings. The minimum Gasteiger partial charge on any atom is -0.388 e. The van der Waals surface area contributed by atoms with Crippen molar-refractivity contribution >= 4 is 0 Å². The van der Waals surface area contributed by atoms with E-state index in [1.165, 1.54) is 0 Å². The van der Waals surface area contributed by atoms with Crippen molar-refractivity contribution in [2.75, 3.05) is 6.61 Å². The van der Waals surface area contributed by atoms with Crippen LogP contribution in [0, 0.1) is 0 Å². The summed E-state index contributed by atoms with van der Waals surface area (Å²) in [7, 11) is 0. The summed E-state index contributed by atoms with van der Waals surface area (Å²) in [6, 6.07) is 0. The van der Waals surface area contributed by atoms with Gasteiger partial charge in [0.05, 0.1) is 6.61 Å². The highest BCUT2D eigenvalue weighted by Crippen LogP contribution is 2.34. The van der Waals surface area contributed by atoms with Gasteiger partial charge in [-0.25, -0.2) is 0 Å². The average molecular weight is 160 g/mol. The van der Waals surface area contributed by atoms with Crippen LogP contribution in [0.25, 0.3) is 0 Å². The normalized spacial score (nSPS) is 47.7. The maximum absolute atomic E-state index is 9.30. The lowest BCUT2D eigenvalue weighted by molar-refractivity contribution is -0.200. The smallest absolute Gasteiger partial charge is 0.189 e. The molecule has 2 rings (SSSR count). The van der Waals surface area contributed by atoms with E-state index >= 15 is 0 Å². The van der Waals surface area contributed by atoms with Gasteiger partial charge < -0.3 is 19.3 Å². The highest BCUT2D eigenvalue weighted by Gasteiger charge is 2.49. The van der Waals surface area contributed by atoms with E-state index in [0.29, 0.717) is 6.61 Å². The maximum atomic E-state index is 9.30. The number of aliphatic hydroxyl groups excluding tert-OH is 1. The van der Waals surface area contributed by atoms with E-state index in [2.05, 4.69) is 0 Å². The van der Waals surface area contributed by atoms with Crippen LogP contribution in [0.5, 0.6) is 0 Å². The molecule has 0 aliphatic carbocycles. The third kappa shape index (κ3) is 1.16. The van der Waals surface area contributed by atoms with Gasteiger partial charge in [0.25, 0.3) is 0 Å². The molecule has 4 nitrogen and oxygen atoms in total. The van der Waals surface area contributed by atoms with Gasteiger partial charge in [0.1, 0.15) is 12.2 Å². The summed E-state index contributed by atoms with van der Waals surface area (Å²) in [4.78, 5) is 0. The van der Waals surface area contributed by atoms with Crippen LogP contribution in [-0.4, -0.2) is 36.0 Å². The summed E-state index contributed by atoms with van der Waals surface area (Å²) in [6.07, 6.45) is -1.22. The van der Waals surface area contributed by atoms with Crippen LogP contribution in [-0.2, 0) is 14.2 Å². The molecular weight excluding hydrogens is 148 g/mol. The Morgan fingerprint density at radius 2 is 2.09 bits per heavy atom. The van der Waals surface area contributed by atoms with E-state index in [1.54, 1.807) is 13.8 Å². The Hall–Kier alpha value is -0.160. The first-order chi connectivity index (χ1) is 5.08. The first-order valence-corrected chi connectivity index (χ1v) is 3.74. The van der Waals surface area contributed by atoms with E-state index in [-0.39, 0.29) is 12.4 Å². The molecule has 11 heavy (non-hydrogen) atoms. The molecule has 0 amide bonds. The molecule has 0 aromatic carbocycles. The van der Waals surface area contributed by atoms with E-state index < -0.39 is 11.9 Å². The highest BCUT2D eigenvalue weighted by molar-refractivity contribution is 4.86. The largest absolute Gasteiger partial charge is 0.388 e. The number of aliphatic hydroxyl groups is 1. The second kappa shape index (κ2) is 2.17. The van der Waals surface area contributed by atoms with Crippen molar-refractivity contribution in [1.82, 2.24) is 0 Å². The van der Waals surface area contributed by atoms with Gasteiger partial charge in [-0.1, -0.05) is 0 Å². The zero-order chi connectivity index (χ0) is 8.06. The molecular formula is C7H12O4. The van der Waals surface area contributed by atoms with Gasteiger partial charge in [-0.2, -0.15) is 0 Å². The van der Waals surface area contributed by atoms with Gasteiger partial charge in [0.15, 0.2) is 12.1 Å². The molecule has 3 atom stereocenters. The van der Waals surface area contributed by atoms with Crippen molar-refractivity contribution in [3.8, 4) is 0 Å². The van der Waals surface area contributed by atoms with Gasteiger partial charge in [0, 0.05) is 0 Å². The van der Waals surface area contributed by atoms with Crippen molar-refractivity contribution in [3.63, 3.8) is 0 Å². The van der Waals surface area contributed by atoms with Gasteiger partial charge in [-0.3, -0.25) is 0 Å². The maximum Gasteiger partial charge on any atom is 0.189 e. The van der Waals surface area contributed by atoms with Crippen molar-refractivity contribution in [3.05, 3.63) is 0 Å². The van der Waals surface area contributed by atoms with Gasteiger partial charge in [-0.05, 0) is 13.8 Å². The fourth-order valence-corrected chi connectivity index (χ4v) is 1.43. The Balaban J connectivity index is 2.10. The first kappa shape index (κ1) is 7.49. The molecule has 0 unspecified atom stereocenters. The van der Waals surface area contributed by atoms with Crippen LogP contribution in [0.4, 0.5) is 0 Å². The average Bonchev–Trinajstić information content (AvgIpc) is 2.31. The number of rotatable bonds is 0. The first-order valence-electron chi connectivity index (χ1n) is 3.74. The molecule has 0 saturated carbocycles. The molecule has 1 N–H and O–H groups in total. The predicted molar refractivity (Wildman–Crippen MR) is 35.8 cm³/mol. The quantitative estimate of drug-likeness (QED) is 0.535. The summed E-state index contributed by atoms with van der Waals surface area (Å²) in [5, 5.41) is 9.30. The Kier molecular flexibility index (Phi) is 1.47. The third-order valence-electron chi connectivity index (χ3n) is 1.90. The minimum absolute atomic E-state index is 0.301. The van der Waals surface area contributed by atoms with E-state index in [1.807, 2.05) is 0 Å². The monoisotopic (exact) mass is 160 g/mol. The fraction of sp³-hybridized carbons (Fsp3) is 1.00. The second-order valence-corrected chi connectivity index (χ2v) is 3.37. The Morgan fingerprint density at radius 3 is 2.73 bits per heavy atom. The lowest BCUT2D eigenvalue weighted by Crippen LogP contribution is -2.29. The summed E-state index contributed by atoms with van der Waals surface area (Å²) >= 11 is 0. The fourth-order valence-electron chi connectivity index (χ4n) is 1.43. The molecule has 2 heterocycles. The molecule has 2 aliphatic heterocycles. The van der Waals surface area contributed by atoms with E-state index in [9.17, 15) is 5.11 Å². The van der Waals surface area contributed by atoms with Gasteiger partial charge in [0.2, 0.25) is 0 Å². The number of hydrogen-bond acceptors (Lipinski definition) is 4. The van der Waals surface area contributed by atoms with Crippen LogP contribution in [0.15, 0.2) is 0 Å². The van der Waals surface area contributed by atoms with Crippen LogP contribution < -0.4 is 0 Å². The van der Waals surface area contributed by atoms with Crippen LogP contribution >= 0.6 is 0 Å². The van der Waals surface area contributed by atoms with Crippen LogP contribution in [0.1, 0.15) is 13.8 Å². The van der Waals surface area contributed by atoms with Crippen molar-refractivity contribution in [1.29, 1.82) is 0 Å². The molecule has 0 aromatic heterocycles. The SMILES string of the molecule is CC1(C)O[C@@H]2OC[C@H](O)[C@@H]2O1. The molecule has 0 radical (unpaired) electrons. The molecule has 4 heteroatoms. The van der Waals surface area contributed by atoms with E-state index in [4.69, 9.17) is 14.2 Å². The van der Waals surface area contributed by atoms with Crippen LogP contribution in [0.2, 0.25) is 0 Å². The molecule has 2 aliphatic rings. The molecule has 0 spiro atoms. The lowest BCUT2D eigenvalue weighted by atomic mass is 10.2. The summed E-state index contributed by atoms with van der Waals surface area (Å²) in [5.74, 6) is -0.614. The topological polar surface area (TPSA) is 47.9 Å². The summed E-state index contributed by atoms with van der Waals surface area (Å²) in [5.41, 5.74) is 0. The molecule has 0 aromatic rings. The Labute approximate surface area is 65.1 Å². The standard InChI is InChI=1S/C7H12O4/c1-7(2)10-5-4(8)3-9-6(5)11-7/h4-6,8H,3H2,1-2H3/t4-,5-,6-/m0/s1. The van der Waals surface area contributed by atoms with Crippen molar-refractivity contribution in [2.24, 2.45) is 0 Å². The Morgan fingerprint density at radius 1 is 1.36 bits per heavy atom. The number of hydrogen-bond donors (Lipinski definition) is 1. The zero-order valence-corrected chi connectivity index (χ0v) is 6.61. The summed E-state index contributed by atoms with van der Waals surface area (Å²) in [6.45, 7) is 3.92. The van der Waals surface area contributed by atoms with Crippen molar-refractivity contribution < 1.29 is 19.3 Å². The third-order valence-corrected chi connectivity index (χ3v) is 1.90. The highest BCUT2D eigenvalue weighted by atomic mass is 16.8. The molecule has 2 saturated heterocycles. The summed E-state index contributed by atoms with van der Waals surface area (Å²) < 4.78 is 15.9. The molecule has 64 valence electrons. The Bertz CT molecular complexity index is 168. The van der Waals surface area contributed by atoms with Gasteiger partial charge >= 0.3 is 0 Å². The van der Waals surface area contributed by atoms with Crippen LogP contribution in [0.3, 0.4) is 0 Å². The zero-order valence-electron chi connectivity index (χ0n) is 6.61. The lowest BCUT2D eigenvalue weighted by Gasteiger charge is -2.18. The minimum atomic E-state index is -0.614. The number of ether oxygens (including phenoxy) is 3. The van der Waals surface area contributed by atoms with Crippen molar-refractivity contribution in [2.45, 2.75) is 38.1 Å². The second-order valence-electron chi connectivity index (χ2n) is 3.37. The molecule has 0 bridgehead atoms. The van der Waals surface area contributed by atoms with E-state index in [0.717, 1.165) is 0 Å². The van der Waals surface area contributed by atoms with Gasteiger partial charge in [-0.15, -0.1) is 0 Å². The predicted octanol–water partition coefficient (Wildman–Crippen LogP) is -0.145.